The summed E-state index contributed by atoms with van der Waals surface area (Å²) in [5.41, 5.74) is 1.21. The Balaban J connectivity index is 1.99. The molecule has 0 radical (unpaired) electrons. The number of carbonyl (C=O) groups is 1. The van der Waals surface area contributed by atoms with E-state index in [0.29, 0.717) is 0 Å². The first-order chi connectivity index (χ1) is 6.84. The zero-order valence-electron chi connectivity index (χ0n) is 7.85. The molecule has 0 amide bonds. The van der Waals surface area contributed by atoms with E-state index >= 15 is 0 Å². The minimum absolute atomic E-state index is 0.00917. The van der Waals surface area contributed by atoms with Gasteiger partial charge in [-0.05, 0) is 5.56 Å². The van der Waals surface area contributed by atoms with Gasteiger partial charge in [-0.1, -0.05) is 36.4 Å². The quantitative estimate of drug-likeness (QED) is 0.664. The first-order valence-corrected chi connectivity index (χ1v) is 4.75. The van der Waals surface area contributed by atoms with E-state index in [1.54, 1.807) is 0 Å². The van der Waals surface area contributed by atoms with Gasteiger partial charge < -0.3 is 4.74 Å². The summed E-state index contributed by atoms with van der Waals surface area (Å²) in [5.74, 6) is -0.225. The molecule has 0 aliphatic carbocycles. The molecular formula is C12H12O2. The highest BCUT2D eigenvalue weighted by Gasteiger charge is 2.15. The topological polar surface area (TPSA) is 26.3 Å². The molecule has 1 heterocycles. The lowest BCUT2D eigenvalue weighted by Gasteiger charge is -2.18. The Kier molecular flexibility index (Phi) is 2.63. The van der Waals surface area contributed by atoms with Crippen LogP contribution in [0.3, 0.4) is 0 Å². The van der Waals surface area contributed by atoms with Gasteiger partial charge in [0.2, 0.25) is 0 Å². The average molecular weight is 188 g/mol. The van der Waals surface area contributed by atoms with Gasteiger partial charge in [-0.15, -0.1) is 0 Å². The molecule has 0 bridgehead atoms. The molecule has 1 aliphatic rings. The maximum absolute atomic E-state index is 11.0. The normalized spacial score (nSPS) is 20.6. The number of esters is 1. The molecule has 0 aromatic heterocycles. The maximum Gasteiger partial charge on any atom is 0.330 e. The van der Waals surface area contributed by atoms with Gasteiger partial charge in [-0.2, -0.15) is 0 Å². The van der Waals surface area contributed by atoms with Crippen LogP contribution in [0, 0.1) is 0 Å². The lowest BCUT2D eigenvalue weighted by atomic mass is 10.0. The van der Waals surface area contributed by atoms with Crippen molar-refractivity contribution in [2.75, 3.05) is 0 Å². The minimum atomic E-state index is -0.225. The summed E-state index contributed by atoms with van der Waals surface area (Å²) in [6.45, 7) is 0. The molecule has 1 aromatic rings. The molecule has 2 rings (SSSR count). The molecule has 2 heteroatoms. The molecule has 1 atom stereocenters. The summed E-state index contributed by atoms with van der Waals surface area (Å²) in [7, 11) is 0. The van der Waals surface area contributed by atoms with Gasteiger partial charge in [0, 0.05) is 18.9 Å². The number of carbonyl (C=O) groups excluding carboxylic acids is 1. The standard InChI is InChI=1S/C12H12O2/c13-12-8-4-7-11(14-12)9-10-5-2-1-3-6-10/h1-6,8,11H,7,9H2. The predicted molar refractivity (Wildman–Crippen MR) is 53.8 cm³/mol. The third-order valence-corrected chi connectivity index (χ3v) is 2.24. The molecule has 14 heavy (non-hydrogen) atoms. The van der Waals surface area contributed by atoms with Crippen molar-refractivity contribution in [2.45, 2.75) is 18.9 Å². The van der Waals surface area contributed by atoms with Crippen LogP contribution in [0.2, 0.25) is 0 Å². The number of ether oxygens (including phenoxy) is 1. The maximum atomic E-state index is 11.0. The fourth-order valence-corrected chi connectivity index (χ4v) is 1.57. The summed E-state index contributed by atoms with van der Waals surface area (Å²) in [6.07, 6.45) is 4.99. The molecule has 0 fully saturated rings. The van der Waals surface area contributed by atoms with E-state index in [4.69, 9.17) is 4.74 Å². The highest BCUT2D eigenvalue weighted by Crippen LogP contribution is 2.13. The van der Waals surface area contributed by atoms with Crippen LogP contribution in [0.25, 0.3) is 0 Å². The number of rotatable bonds is 2. The van der Waals surface area contributed by atoms with Gasteiger partial charge in [-0.3, -0.25) is 0 Å². The third kappa shape index (κ3) is 2.22. The van der Waals surface area contributed by atoms with Crippen LogP contribution in [0.5, 0.6) is 0 Å². The van der Waals surface area contributed by atoms with Crippen LogP contribution in [-0.4, -0.2) is 12.1 Å². The van der Waals surface area contributed by atoms with Gasteiger partial charge in [0.15, 0.2) is 0 Å². The molecule has 0 spiro atoms. The minimum Gasteiger partial charge on any atom is -0.459 e. The average Bonchev–Trinajstić information content (AvgIpc) is 2.19. The smallest absolute Gasteiger partial charge is 0.330 e. The third-order valence-electron chi connectivity index (χ3n) is 2.24. The number of hydrogen-bond acceptors (Lipinski definition) is 2. The summed E-state index contributed by atoms with van der Waals surface area (Å²) < 4.78 is 5.16. The van der Waals surface area contributed by atoms with E-state index in [2.05, 4.69) is 0 Å². The SMILES string of the molecule is O=C1C=CCC(Cc2ccccc2)O1. The Morgan fingerprint density at radius 1 is 1.29 bits per heavy atom. The molecule has 2 nitrogen and oxygen atoms in total. The second kappa shape index (κ2) is 4.09. The fraction of sp³-hybridized carbons (Fsp3) is 0.250. The Labute approximate surface area is 83.2 Å². The monoisotopic (exact) mass is 188 g/mol. The van der Waals surface area contributed by atoms with E-state index in [1.807, 2.05) is 36.4 Å². The van der Waals surface area contributed by atoms with E-state index in [1.165, 1.54) is 11.6 Å². The first kappa shape index (κ1) is 9.00. The van der Waals surface area contributed by atoms with E-state index in [9.17, 15) is 4.79 Å². The fourth-order valence-electron chi connectivity index (χ4n) is 1.57. The van der Waals surface area contributed by atoms with Crippen molar-refractivity contribution in [3.05, 3.63) is 48.0 Å². The second-order valence-electron chi connectivity index (χ2n) is 3.39. The number of cyclic esters (lactones) is 1. The van der Waals surface area contributed by atoms with Crippen LogP contribution in [0.1, 0.15) is 12.0 Å². The number of benzene rings is 1. The molecule has 0 saturated carbocycles. The summed E-state index contributed by atoms with van der Waals surface area (Å²) in [5, 5.41) is 0. The van der Waals surface area contributed by atoms with E-state index in [0.717, 1.165) is 12.8 Å². The summed E-state index contributed by atoms with van der Waals surface area (Å²) in [4.78, 5) is 11.0. The summed E-state index contributed by atoms with van der Waals surface area (Å²) >= 11 is 0. The van der Waals surface area contributed by atoms with Gasteiger partial charge >= 0.3 is 5.97 Å². The highest BCUT2D eigenvalue weighted by molar-refractivity contribution is 5.82. The zero-order chi connectivity index (χ0) is 9.80. The van der Waals surface area contributed by atoms with Crippen LogP contribution in [0.15, 0.2) is 42.5 Å². The molecule has 1 aliphatic heterocycles. The molecule has 1 aromatic carbocycles. The van der Waals surface area contributed by atoms with Crippen molar-refractivity contribution >= 4 is 5.97 Å². The van der Waals surface area contributed by atoms with Crippen molar-refractivity contribution in [3.63, 3.8) is 0 Å². The van der Waals surface area contributed by atoms with Crippen molar-refractivity contribution in [2.24, 2.45) is 0 Å². The van der Waals surface area contributed by atoms with E-state index < -0.39 is 0 Å². The van der Waals surface area contributed by atoms with Gasteiger partial charge in [0.1, 0.15) is 6.10 Å². The lowest BCUT2D eigenvalue weighted by molar-refractivity contribution is -0.143. The van der Waals surface area contributed by atoms with Gasteiger partial charge in [-0.25, -0.2) is 4.79 Å². The Bertz CT molecular complexity index is 341. The van der Waals surface area contributed by atoms with Crippen LogP contribution < -0.4 is 0 Å². The number of hydrogen-bond donors (Lipinski definition) is 0. The van der Waals surface area contributed by atoms with Crippen LogP contribution in [0.4, 0.5) is 0 Å². The lowest BCUT2D eigenvalue weighted by Crippen LogP contribution is -2.22. The first-order valence-electron chi connectivity index (χ1n) is 4.75. The van der Waals surface area contributed by atoms with Crippen LogP contribution in [-0.2, 0) is 16.0 Å². The van der Waals surface area contributed by atoms with Crippen molar-refractivity contribution in [3.8, 4) is 0 Å². The Morgan fingerprint density at radius 3 is 2.79 bits per heavy atom. The Morgan fingerprint density at radius 2 is 2.07 bits per heavy atom. The van der Waals surface area contributed by atoms with E-state index in [-0.39, 0.29) is 12.1 Å². The van der Waals surface area contributed by atoms with Crippen LogP contribution >= 0.6 is 0 Å². The predicted octanol–water partition coefficient (Wildman–Crippen LogP) is 2.10. The molecule has 0 N–H and O–H groups in total. The molecule has 0 saturated heterocycles. The zero-order valence-corrected chi connectivity index (χ0v) is 7.85. The van der Waals surface area contributed by atoms with Gasteiger partial charge in [0.05, 0.1) is 0 Å². The molecular weight excluding hydrogens is 176 g/mol. The largest absolute Gasteiger partial charge is 0.459 e. The molecule has 1 unspecified atom stereocenters. The van der Waals surface area contributed by atoms with Crippen molar-refractivity contribution < 1.29 is 9.53 Å². The Hall–Kier alpha value is -1.57. The molecule has 72 valence electrons. The van der Waals surface area contributed by atoms with Gasteiger partial charge in [0.25, 0.3) is 0 Å². The van der Waals surface area contributed by atoms with Crippen molar-refractivity contribution in [1.82, 2.24) is 0 Å². The highest BCUT2D eigenvalue weighted by atomic mass is 16.5. The van der Waals surface area contributed by atoms with Crippen molar-refractivity contribution in [1.29, 1.82) is 0 Å². The summed E-state index contributed by atoms with van der Waals surface area (Å²) in [6, 6.07) is 10.1. The second-order valence-corrected chi connectivity index (χ2v) is 3.39.